The third kappa shape index (κ3) is 4.68. The Morgan fingerprint density at radius 2 is 1.91 bits per heavy atom. The predicted octanol–water partition coefficient (Wildman–Crippen LogP) is 5.47. The maximum Gasteiger partial charge on any atom is 0.156 e. The van der Waals surface area contributed by atoms with E-state index in [4.69, 9.17) is 16.3 Å². The molecule has 0 N–H and O–H groups in total. The van der Waals surface area contributed by atoms with Crippen molar-refractivity contribution in [1.82, 2.24) is 9.97 Å². The van der Waals surface area contributed by atoms with Gasteiger partial charge in [-0.3, -0.25) is 9.97 Å². The molecule has 2 rings (SSSR count). The van der Waals surface area contributed by atoms with Gasteiger partial charge in [0.05, 0.1) is 23.5 Å². The summed E-state index contributed by atoms with van der Waals surface area (Å²) in [4.78, 5) is 8.81. The number of aryl methyl sites for hydroxylation is 1. The van der Waals surface area contributed by atoms with Gasteiger partial charge in [-0.1, -0.05) is 32.4 Å². The van der Waals surface area contributed by atoms with E-state index >= 15 is 0 Å². The zero-order valence-corrected chi connectivity index (χ0v) is 15.3. The molecule has 2 aromatic heterocycles. The highest BCUT2D eigenvalue weighted by Crippen LogP contribution is 2.30. The van der Waals surface area contributed by atoms with Gasteiger partial charge in [0.1, 0.15) is 0 Å². The molecule has 0 aliphatic carbocycles. The van der Waals surface area contributed by atoms with Crippen molar-refractivity contribution in [3.05, 3.63) is 40.8 Å². The molecule has 0 amide bonds. The van der Waals surface area contributed by atoms with E-state index in [1.807, 2.05) is 26.0 Å². The normalized spacial score (nSPS) is 12.5. The minimum atomic E-state index is 0.496. The van der Waals surface area contributed by atoms with Crippen molar-refractivity contribution in [1.29, 1.82) is 0 Å². The summed E-state index contributed by atoms with van der Waals surface area (Å²) >= 11 is 6.38. The number of hydrogen-bond acceptors (Lipinski definition) is 3. The lowest BCUT2D eigenvalue weighted by Gasteiger charge is -2.16. The number of pyridine rings is 2. The Kier molecular flexibility index (Phi) is 6.00. The molecule has 2 aromatic rings. The van der Waals surface area contributed by atoms with E-state index in [2.05, 4.69) is 30.7 Å². The number of halogens is 1. The van der Waals surface area contributed by atoms with Gasteiger partial charge in [-0.15, -0.1) is 0 Å². The molecule has 0 radical (unpaired) electrons. The van der Waals surface area contributed by atoms with E-state index in [0.29, 0.717) is 29.2 Å². The SMILES string of the molecule is Cc1nccc(-c2cc(Cl)c(OCC(C)CC(C)C)cn2)c1C. The molecule has 0 fully saturated rings. The lowest BCUT2D eigenvalue weighted by atomic mass is 10.00. The third-order valence-corrected chi connectivity index (χ3v) is 4.24. The molecule has 1 unspecified atom stereocenters. The first-order valence-corrected chi connectivity index (χ1v) is 8.47. The Morgan fingerprint density at radius 3 is 2.57 bits per heavy atom. The third-order valence-electron chi connectivity index (χ3n) is 3.95. The van der Waals surface area contributed by atoms with Crippen LogP contribution in [0.3, 0.4) is 0 Å². The predicted molar refractivity (Wildman–Crippen MR) is 96.1 cm³/mol. The van der Waals surface area contributed by atoms with Crippen LogP contribution in [0.15, 0.2) is 24.5 Å². The van der Waals surface area contributed by atoms with Gasteiger partial charge in [0, 0.05) is 17.5 Å². The molecular formula is C19H25ClN2O. The average Bonchev–Trinajstić information content (AvgIpc) is 2.48. The van der Waals surface area contributed by atoms with Crippen molar-refractivity contribution >= 4 is 11.6 Å². The Hall–Kier alpha value is -1.61. The van der Waals surface area contributed by atoms with Gasteiger partial charge in [0.15, 0.2) is 5.75 Å². The molecule has 0 saturated carbocycles. The zero-order valence-electron chi connectivity index (χ0n) is 14.6. The largest absolute Gasteiger partial charge is 0.490 e. The Labute approximate surface area is 144 Å². The molecule has 2 heterocycles. The number of aromatic nitrogens is 2. The second kappa shape index (κ2) is 7.78. The highest BCUT2D eigenvalue weighted by atomic mass is 35.5. The van der Waals surface area contributed by atoms with E-state index in [1.54, 1.807) is 12.4 Å². The van der Waals surface area contributed by atoms with Gasteiger partial charge in [0.25, 0.3) is 0 Å². The molecule has 1 atom stereocenters. The van der Waals surface area contributed by atoms with E-state index < -0.39 is 0 Å². The van der Waals surface area contributed by atoms with E-state index in [1.165, 1.54) is 0 Å². The van der Waals surface area contributed by atoms with Crippen LogP contribution in [0.5, 0.6) is 5.75 Å². The maximum atomic E-state index is 6.38. The summed E-state index contributed by atoms with van der Waals surface area (Å²) in [6.07, 6.45) is 4.65. The molecule has 4 heteroatoms. The van der Waals surface area contributed by atoms with Crippen LogP contribution in [0.25, 0.3) is 11.3 Å². The zero-order chi connectivity index (χ0) is 17.0. The maximum absolute atomic E-state index is 6.38. The lowest BCUT2D eigenvalue weighted by Crippen LogP contribution is -2.11. The molecule has 23 heavy (non-hydrogen) atoms. The summed E-state index contributed by atoms with van der Waals surface area (Å²) in [7, 11) is 0. The minimum Gasteiger partial charge on any atom is -0.490 e. The summed E-state index contributed by atoms with van der Waals surface area (Å²) in [5.74, 6) is 1.81. The molecule has 124 valence electrons. The molecule has 0 aliphatic heterocycles. The van der Waals surface area contributed by atoms with Crippen molar-refractivity contribution in [3.63, 3.8) is 0 Å². The van der Waals surface area contributed by atoms with Gasteiger partial charge in [-0.05, 0) is 49.8 Å². The average molecular weight is 333 g/mol. The van der Waals surface area contributed by atoms with Crippen LogP contribution >= 0.6 is 11.6 Å². The molecule has 3 nitrogen and oxygen atoms in total. The summed E-state index contributed by atoms with van der Waals surface area (Å²) in [6.45, 7) is 11.3. The topological polar surface area (TPSA) is 35.0 Å². The fourth-order valence-corrected chi connectivity index (χ4v) is 2.90. The van der Waals surface area contributed by atoms with Crippen LogP contribution < -0.4 is 4.74 Å². The number of rotatable bonds is 6. The standard InChI is InChI=1S/C19H25ClN2O/c1-12(2)8-13(3)11-23-19-10-22-18(9-17(19)20)16-6-7-21-15(5)14(16)4/h6-7,9-10,12-13H,8,11H2,1-5H3. The summed E-state index contributed by atoms with van der Waals surface area (Å²) in [5, 5.41) is 0.598. The fraction of sp³-hybridized carbons (Fsp3) is 0.474. The highest BCUT2D eigenvalue weighted by Gasteiger charge is 2.11. The number of nitrogens with zero attached hydrogens (tertiary/aromatic N) is 2. The van der Waals surface area contributed by atoms with Gasteiger partial charge in [0.2, 0.25) is 0 Å². The Balaban J connectivity index is 2.13. The van der Waals surface area contributed by atoms with E-state index in [-0.39, 0.29) is 0 Å². The second-order valence-electron chi connectivity index (χ2n) is 6.61. The van der Waals surface area contributed by atoms with Crippen molar-refractivity contribution in [3.8, 4) is 17.0 Å². The highest BCUT2D eigenvalue weighted by molar-refractivity contribution is 6.32. The van der Waals surface area contributed by atoms with Gasteiger partial charge >= 0.3 is 0 Å². The van der Waals surface area contributed by atoms with Crippen LogP contribution in [0, 0.1) is 25.7 Å². The van der Waals surface area contributed by atoms with Crippen LogP contribution in [-0.4, -0.2) is 16.6 Å². The summed E-state index contributed by atoms with van der Waals surface area (Å²) in [6, 6.07) is 3.83. The first-order valence-electron chi connectivity index (χ1n) is 8.09. The first-order chi connectivity index (χ1) is 10.9. The van der Waals surface area contributed by atoms with Crippen LogP contribution in [0.4, 0.5) is 0 Å². The molecule has 0 aromatic carbocycles. The molecule has 0 spiro atoms. The smallest absolute Gasteiger partial charge is 0.156 e. The first kappa shape index (κ1) is 17.7. The molecular weight excluding hydrogens is 308 g/mol. The number of hydrogen-bond donors (Lipinski definition) is 0. The summed E-state index contributed by atoms with van der Waals surface area (Å²) in [5.41, 5.74) is 4.03. The van der Waals surface area contributed by atoms with Gasteiger partial charge < -0.3 is 4.74 Å². The lowest BCUT2D eigenvalue weighted by molar-refractivity contribution is 0.238. The van der Waals surface area contributed by atoms with E-state index in [9.17, 15) is 0 Å². The van der Waals surface area contributed by atoms with Gasteiger partial charge in [-0.25, -0.2) is 0 Å². The molecule has 0 bridgehead atoms. The molecule has 0 aliphatic rings. The number of ether oxygens (including phenoxy) is 1. The van der Waals surface area contributed by atoms with Crippen LogP contribution in [0.1, 0.15) is 38.4 Å². The minimum absolute atomic E-state index is 0.496. The fourth-order valence-electron chi connectivity index (χ4n) is 2.69. The van der Waals surface area contributed by atoms with Crippen molar-refractivity contribution in [2.45, 2.75) is 41.0 Å². The van der Waals surface area contributed by atoms with Crippen molar-refractivity contribution < 1.29 is 4.74 Å². The van der Waals surface area contributed by atoms with Crippen LogP contribution in [-0.2, 0) is 0 Å². The quantitative estimate of drug-likeness (QED) is 0.703. The Morgan fingerprint density at radius 1 is 1.17 bits per heavy atom. The van der Waals surface area contributed by atoms with E-state index in [0.717, 1.165) is 28.9 Å². The Bertz CT molecular complexity index is 670. The monoisotopic (exact) mass is 332 g/mol. The van der Waals surface area contributed by atoms with Gasteiger partial charge in [-0.2, -0.15) is 0 Å². The summed E-state index contributed by atoms with van der Waals surface area (Å²) < 4.78 is 5.84. The van der Waals surface area contributed by atoms with Crippen molar-refractivity contribution in [2.24, 2.45) is 11.8 Å². The molecule has 0 saturated heterocycles. The van der Waals surface area contributed by atoms with Crippen LogP contribution in [0.2, 0.25) is 5.02 Å². The van der Waals surface area contributed by atoms with Crippen molar-refractivity contribution in [2.75, 3.05) is 6.61 Å². The second-order valence-corrected chi connectivity index (χ2v) is 7.02.